The van der Waals surface area contributed by atoms with Gasteiger partial charge >= 0.3 is 0 Å². The zero-order valence-corrected chi connectivity index (χ0v) is 15.4. The smallest absolute Gasteiger partial charge is 0.276 e. The Morgan fingerprint density at radius 1 is 1.30 bits per heavy atom. The second-order valence-electron chi connectivity index (χ2n) is 7.69. The van der Waals surface area contributed by atoms with Crippen molar-refractivity contribution in [1.29, 1.82) is 0 Å². The normalized spacial score (nSPS) is 21.2. The van der Waals surface area contributed by atoms with Gasteiger partial charge in [-0.1, -0.05) is 37.3 Å². The van der Waals surface area contributed by atoms with Crippen LogP contribution in [0.1, 0.15) is 53.1 Å². The Hall–Kier alpha value is -2.89. The molecule has 1 saturated carbocycles. The van der Waals surface area contributed by atoms with Crippen molar-refractivity contribution in [2.45, 2.75) is 38.6 Å². The highest BCUT2D eigenvalue weighted by atomic mass is 16.2. The number of benzene rings is 1. The van der Waals surface area contributed by atoms with E-state index in [0.29, 0.717) is 11.4 Å². The van der Waals surface area contributed by atoms with Crippen molar-refractivity contribution in [2.24, 2.45) is 11.8 Å². The third-order valence-electron chi connectivity index (χ3n) is 5.92. The maximum absolute atomic E-state index is 12.8. The van der Waals surface area contributed by atoms with Crippen molar-refractivity contribution in [3.05, 3.63) is 65.2 Å². The third kappa shape index (κ3) is 2.95. The molecule has 2 aliphatic carbocycles. The Bertz CT molecular complexity index is 974. The first-order chi connectivity index (χ1) is 13.2. The first-order valence-corrected chi connectivity index (χ1v) is 9.69. The summed E-state index contributed by atoms with van der Waals surface area (Å²) in [5.41, 5.74) is 4.70. The largest absolute Gasteiger partial charge is 0.318 e. The highest BCUT2D eigenvalue weighted by Gasteiger charge is 2.43. The minimum absolute atomic E-state index is 0.154. The molecule has 0 saturated heterocycles. The molecule has 0 aliphatic heterocycles. The van der Waals surface area contributed by atoms with Gasteiger partial charge in [-0.3, -0.25) is 14.6 Å². The molecule has 27 heavy (non-hydrogen) atoms. The molecule has 6 heteroatoms. The summed E-state index contributed by atoms with van der Waals surface area (Å²) in [6, 6.07) is 10.5. The van der Waals surface area contributed by atoms with E-state index in [4.69, 9.17) is 0 Å². The molecule has 5 rings (SSSR count). The van der Waals surface area contributed by atoms with Crippen LogP contribution in [0.4, 0.5) is 5.69 Å². The molecule has 1 fully saturated rings. The first-order valence-electron chi connectivity index (χ1n) is 9.69. The number of nitrogens with zero attached hydrogens (tertiary/aromatic N) is 3. The fraction of sp³-hybridized carbons (Fsp3) is 0.381. The van der Waals surface area contributed by atoms with E-state index in [-0.39, 0.29) is 11.9 Å². The molecule has 3 atom stereocenters. The number of carbonyl (C=O) groups is 1. The van der Waals surface area contributed by atoms with Crippen LogP contribution in [-0.4, -0.2) is 25.9 Å². The number of aromatic amines is 1. The maximum atomic E-state index is 12.8. The second-order valence-corrected chi connectivity index (χ2v) is 7.69. The van der Waals surface area contributed by atoms with Gasteiger partial charge in [-0.15, -0.1) is 0 Å². The van der Waals surface area contributed by atoms with Crippen molar-refractivity contribution in [2.75, 3.05) is 5.32 Å². The van der Waals surface area contributed by atoms with E-state index in [9.17, 15) is 4.79 Å². The summed E-state index contributed by atoms with van der Waals surface area (Å²) < 4.78 is 1.92. The summed E-state index contributed by atoms with van der Waals surface area (Å²) in [5, 5.41) is 14.8. The van der Waals surface area contributed by atoms with Gasteiger partial charge in [0, 0.05) is 17.5 Å². The molecule has 3 aromatic rings. The SMILES string of the molecule is CC[C@@H](c1ccccc1)n1cc(NC(=O)c2n[nH]c3c2CC2CC2C3)cn1. The molecule has 6 nitrogen and oxygen atoms in total. The highest BCUT2D eigenvalue weighted by molar-refractivity contribution is 6.04. The molecule has 2 aromatic heterocycles. The minimum Gasteiger partial charge on any atom is -0.318 e. The van der Waals surface area contributed by atoms with Crippen molar-refractivity contribution >= 4 is 11.6 Å². The summed E-state index contributed by atoms with van der Waals surface area (Å²) in [6.07, 6.45) is 7.83. The molecule has 0 spiro atoms. The number of rotatable bonds is 5. The number of H-pyrrole nitrogens is 1. The van der Waals surface area contributed by atoms with Crippen LogP contribution < -0.4 is 5.32 Å². The zero-order valence-electron chi connectivity index (χ0n) is 15.4. The van der Waals surface area contributed by atoms with Crippen molar-refractivity contribution in [1.82, 2.24) is 20.0 Å². The van der Waals surface area contributed by atoms with Crippen molar-refractivity contribution in [3.8, 4) is 0 Å². The van der Waals surface area contributed by atoms with E-state index in [1.54, 1.807) is 6.20 Å². The van der Waals surface area contributed by atoms with Gasteiger partial charge in [0.2, 0.25) is 0 Å². The Morgan fingerprint density at radius 3 is 2.93 bits per heavy atom. The van der Waals surface area contributed by atoms with Gasteiger partial charge < -0.3 is 5.32 Å². The number of nitrogens with one attached hydrogen (secondary N) is 2. The van der Waals surface area contributed by atoms with Crippen LogP contribution in [0.15, 0.2) is 42.7 Å². The van der Waals surface area contributed by atoms with E-state index in [2.05, 4.69) is 39.7 Å². The molecular formula is C21H23N5O. The van der Waals surface area contributed by atoms with E-state index < -0.39 is 0 Å². The molecule has 2 N–H and O–H groups in total. The predicted molar refractivity (Wildman–Crippen MR) is 103 cm³/mol. The first kappa shape index (κ1) is 16.3. The molecule has 1 amide bonds. The van der Waals surface area contributed by atoms with Crippen molar-refractivity contribution in [3.63, 3.8) is 0 Å². The third-order valence-corrected chi connectivity index (χ3v) is 5.92. The number of amides is 1. The molecule has 2 unspecified atom stereocenters. The van der Waals surface area contributed by atoms with Crippen LogP contribution in [0.25, 0.3) is 0 Å². The van der Waals surface area contributed by atoms with Crippen LogP contribution >= 0.6 is 0 Å². The van der Waals surface area contributed by atoms with Gasteiger partial charge in [-0.05, 0) is 43.1 Å². The number of hydrogen-bond donors (Lipinski definition) is 2. The molecular weight excluding hydrogens is 338 g/mol. The lowest BCUT2D eigenvalue weighted by Gasteiger charge is -2.15. The average molecular weight is 361 g/mol. The Balaban J connectivity index is 1.34. The maximum Gasteiger partial charge on any atom is 0.276 e. The molecule has 0 radical (unpaired) electrons. The van der Waals surface area contributed by atoms with E-state index >= 15 is 0 Å². The van der Waals surface area contributed by atoms with Crippen LogP contribution in [0, 0.1) is 11.8 Å². The van der Waals surface area contributed by atoms with Gasteiger partial charge in [-0.25, -0.2) is 0 Å². The van der Waals surface area contributed by atoms with E-state index in [1.807, 2.05) is 29.1 Å². The van der Waals surface area contributed by atoms with Crippen LogP contribution in [-0.2, 0) is 12.8 Å². The molecule has 138 valence electrons. The Labute approximate surface area is 158 Å². The lowest BCUT2D eigenvalue weighted by Crippen LogP contribution is -2.16. The predicted octanol–water partition coefficient (Wildman–Crippen LogP) is 3.59. The average Bonchev–Trinajstić information content (AvgIpc) is 3.08. The Kier molecular flexibility index (Phi) is 3.85. The van der Waals surface area contributed by atoms with Gasteiger partial charge in [-0.2, -0.15) is 10.2 Å². The lowest BCUT2D eigenvalue weighted by molar-refractivity contribution is 0.102. The number of anilines is 1. The van der Waals surface area contributed by atoms with Gasteiger partial charge in [0.05, 0.1) is 17.9 Å². The summed E-state index contributed by atoms with van der Waals surface area (Å²) in [6.45, 7) is 2.14. The summed E-state index contributed by atoms with van der Waals surface area (Å²) in [5.74, 6) is 1.40. The quantitative estimate of drug-likeness (QED) is 0.729. The number of carbonyl (C=O) groups excluding carboxylic acids is 1. The molecule has 2 heterocycles. The van der Waals surface area contributed by atoms with E-state index in [1.165, 1.54) is 12.0 Å². The Morgan fingerprint density at radius 2 is 2.11 bits per heavy atom. The summed E-state index contributed by atoms with van der Waals surface area (Å²) in [7, 11) is 0. The number of hydrogen-bond acceptors (Lipinski definition) is 3. The van der Waals surface area contributed by atoms with Gasteiger partial charge in [0.15, 0.2) is 5.69 Å². The summed E-state index contributed by atoms with van der Waals surface area (Å²) >= 11 is 0. The molecule has 1 aromatic carbocycles. The van der Waals surface area contributed by atoms with Gasteiger partial charge in [0.1, 0.15) is 0 Å². The van der Waals surface area contributed by atoms with Crippen molar-refractivity contribution < 1.29 is 4.79 Å². The second kappa shape index (κ2) is 6.37. The summed E-state index contributed by atoms with van der Waals surface area (Å²) in [4.78, 5) is 12.8. The topological polar surface area (TPSA) is 75.6 Å². The van der Waals surface area contributed by atoms with E-state index in [0.717, 1.165) is 42.4 Å². The minimum atomic E-state index is -0.154. The zero-order chi connectivity index (χ0) is 18.4. The van der Waals surface area contributed by atoms with Crippen LogP contribution in [0.5, 0.6) is 0 Å². The van der Waals surface area contributed by atoms with Gasteiger partial charge in [0.25, 0.3) is 5.91 Å². The lowest BCUT2D eigenvalue weighted by atomic mass is 9.96. The highest BCUT2D eigenvalue weighted by Crippen LogP contribution is 2.48. The number of aromatic nitrogens is 4. The fourth-order valence-electron chi connectivity index (χ4n) is 4.33. The number of fused-ring (bicyclic) bond motifs is 2. The monoisotopic (exact) mass is 361 g/mol. The van der Waals surface area contributed by atoms with Crippen LogP contribution in [0.2, 0.25) is 0 Å². The standard InChI is InChI=1S/C21H23N5O/c1-2-19(13-6-4-3-5-7-13)26-12-16(11-22-26)23-21(27)20-17-9-14-8-15(14)10-18(17)24-25-20/h3-7,11-12,14-15,19H,2,8-10H2,1H3,(H,23,27)(H,24,25)/t14?,15?,19-/m0/s1. The molecule has 0 bridgehead atoms. The molecule has 2 aliphatic rings. The van der Waals surface area contributed by atoms with Crippen LogP contribution in [0.3, 0.4) is 0 Å². The fourth-order valence-corrected chi connectivity index (χ4v) is 4.33.